The highest BCUT2D eigenvalue weighted by Crippen LogP contribution is 2.28. The number of morpholine rings is 1. The van der Waals surface area contributed by atoms with Crippen molar-refractivity contribution >= 4 is 5.69 Å². The second-order valence-electron chi connectivity index (χ2n) is 4.83. The van der Waals surface area contributed by atoms with Crippen molar-refractivity contribution in [1.82, 2.24) is 4.90 Å². The summed E-state index contributed by atoms with van der Waals surface area (Å²) in [4.78, 5) is 2.40. The first-order valence-corrected chi connectivity index (χ1v) is 7.06. The molecule has 0 amide bonds. The van der Waals surface area contributed by atoms with Gasteiger partial charge in [0.1, 0.15) is 11.5 Å². The van der Waals surface area contributed by atoms with Crippen LogP contribution >= 0.6 is 0 Å². The fourth-order valence-corrected chi connectivity index (χ4v) is 2.37. The standard InChI is InChI=1S/C15H24N2O3/c1-4-17-7-8-20-13(11-17)10-16-14-9-12(18-2)5-6-15(14)19-3/h5-6,9,13,16H,4,7-8,10-11H2,1-3H3. The van der Waals surface area contributed by atoms with Gasteiger partial charge in [-0.05, 0) is 18.7 Å². The second kappa shape index (κ2) is 7.36. The minimum absolute atomic E-state index is 0.208. The summed E-state index contributed by atoms with van der Waals surface area (Å²) in [6, 6.07) is 5.74. The first-order valence-electron chi connectivity index (χ1n) is 7.06. The number of hydrogen-bond acceptors (Lipinski definition) is 5. The van der Waals surface area contributed by atoms with Crippen LogP contribution in [0.2, 0.25) is 0 Å². The Morgan fingerprint density at radius 2 is 2.20 bits per heavy atom. The molecule has 0 radical (unpaired) electrons. The highest BCUT2D eigenvalue weighted by Gasteiger charge is 2.19. The van der Waals surface area contributed by atoms with Crippen LogP contribution < -0.4 is 14.8 Å². The Bertz CT molecular complexity index is 426. The average molecular weight is 280 g/mol. The quantitative estimate of drug-likeness (QED) is 0.861. The molecule has 1 aliphatic heterocycles. The smallest absolute Gasteiger partial charge is 0.142 e. The van der Waals surface area contributed by atoms with Gasteiger partial charge >= 0.3 is 0 Å². The molecule has 0 spiro atoms. The summed E-state index contributed by atoms with van der Waals surface area (Å²) < 4.78 is 16.4. The van der Waals surface area contributed by atoms with E-state index in [9.17, 15) is 0 Å². The summed E-state index contributed by atoms with van der Waals surface area (Å²) in [5.74, 6) is 1.63. The van der Waals surface area contributed by atoms with Gasteiger partial charge in [0.15, 0.2) is 0 Å². The van der Waals surface area contributed by atoms with Crippen molar-refractivity contribution in [3.8, 4) is 11.5 Å². The van der Waals surface area contributed by atoms with Gasteiger partial charge in [0.2, 0.25) is 0 Å². The van der Waals surface area contributed by atoms with Crippen LogP contribution in [0.1, 0.15) is 6.92 Å². The van der Waals surface area contributed by atoms with E-state index < -0.39 is 0 Å². The van der Waals surface area contributed by atoms with Crippen LogP contribution in [0.4, 0.5) is 5.69 Å². The normalized spacial score (nSPS) is 19.6. The van der Waals surface area contributed by atoms with E-state index in [0.29, 0.717) is 0 Å². The van der Waals surface area contributed by atoms with Crippen molar-refractivity contribution < 1.29 is 14.2 Å². The van der Waals surface area contributed by atoms with Crippen molar-refractivity contribution in [1.29, 1.82) is 0 Å². The molecule has 20 heavy (non-hydrogen) atoms. The number of ether oxygens (including phenoxy) is 3. The van der Waals surface area contributed by atoms with Crippen LogP contribution in [0.5, 0.6) is 11.5 Å². The van der Waals surface area contributed by atoms with Gasteiger partial charge in [-0.1, -0.05) is 6.92 Å². The molecule has 5 nitrogen and oxygen atoms in total. The van der Waals surface area contributed by atoms with E-state index in [1.165, 1.54) is 0 Å². The predicted molar refractivity (Wildman–Crippen MR) is 79.9 cm³/mol. The minimum Gasteiger partial charge on any atom is -0.497 e. The molecule has 112 valence electrons. The van der Waals surface area contributed by atoms with Crippen molar-refractivity contribution in [2.75, 3.05) is 52.3 Å². The van der Waals surface area contributed by atoms with Gasteiger partial charge in [-0.3, -0.25) is 4.90 Å². The summed E-state index contributed by atoms with van der Waals surface area (Å²) in [6.07, 6.45) is 0.208. The third-order valence-electron chi connectivity index (χ3n) is 3.60. The summed E-state index contributed by atoms with van der Waals surface area (Å²) in [5, 5.41) is 3.40. The van der Waals surface area contributed by atoms with Gasteiger partial charge in [-0.2, -0.15) is 0 Å². The Morgan fingerprint density at radius 1 is 1.35 bits per heavy atom. The van der Waals surface area contributed by atoms with Crippen LogP contribution in [0.15, 0.2) is 18.2 Å². The number of rotatable bonds is 6. The summed E-state index contributed by atoms with van der Waals surface area (Å²) in [5.41, 5.74) is 0.934. The molecule has 1 fully saturated rings. The highest BCUT2D eigenvalue weighted by molar-refractivity contribution is 5.59. The number of likely N-dealkylation sites (N-methyl/N-ethyl adjacent to an activating group) is 1. The fraction of sp³-hybridized carbons (Fsp3) is 0.600. The zero-order valence-electron chi connectivity index (χ0n) is 12.5. The predicted octanol–water partition coefficient (Wildman–Crippen LogP) is 1.84. The van der Waals surface area contributed by atoms with E-state index in [0.717, 1.165) is 50.0 Å². The third-order valence-corrected chi connectivity index (χ3v) is 3.60. The Labute approximate surface area is 120 Å². The van der Waals surface area contributed by atoms with E-state index in [4.69, 9.17) is 14.2 Å². The molecular formula is C15H24N2O3. The van der Waals surface area contributed by atoms with Gasteiger partial charge in [0.25, 0.3) is 0 Å². The number of anilines is 1. The molecule has 1 aromatic rings. The summed E-state index contributed by atoms with van der Waals surface area (Å²) >= 11 is 0. The van der Waals surface area contributed by atoms with Gasteiger partial charge in [0.05, 0.1) is 32.6 Å². The minimum atomic E-state index is 0.208. The summed E-state index contributed by atoms with van der Waals surface area (Å²) in [6.45, 7) is 6.81. The molecule has 0 aliphatic carbocycles. The van der Waals surface area contributed by atoms with Crippen molar-refractivity contribution in [2.45, 2.75) is 13.0 Å². The van der Waals surface area contributed by atoms with Crippen LogP contribution in [-0.2, 0) is 4.74 Å². The van der Waals surface area contributed by atoms with Crippen molar-refractivity contribution in [3.05, 3.63) is 18.2 Å². The van der Waals surface area contributed by atoms with Gasteiger partial charge in [-0.15, -0.1) is 0 Å². The Hall–Kier alpha value is -1.46. The lowest BCUT2D eigenvalue weighted by Crippen LogP contribution is -2.45. The number of benzene rings is 1. The fourth-order valence-electron chi connectivity index (χ4n) is 2.37. The zero-order chi connectivity index (χ0) is 14.4. The van der Waals surface area contributed by atoms with E-state index >= 15 is 0 Å². The topological polar surface area (TPSA) is 43.0 Å². The Balaban J connectivity index is 1.95. The van der Waals surface area contributed by atoms with Crippen LogP contribution in [0, 0.1) is 0 Å². The largest absolute Gasteiger partial charge is 0.497 e. The maximum absolute atomic E-state index is 5.79. The third kappa shape index (κ3) is 3.77. The second-order valence-corrected chi connectivity index (χ2v) is 4.83. The SMILES string of the molecule is CCN1CCOC(CNc2cc(OC)ccc2OC)C1. The monoisotopic (exact) mass is 280 g/mol. The molecule has 1 saturated heterocycles. The highest BCUT2D eigenvalue weighted by atomic mass is 16.5. The molecule has 1 atom stereocenters. The number of nitrogens with one attached hydrogen (secondary N) is 1. The lowest BCUT2D eigenvalue weighted by molar-refractivity contribution is -0.0191. The van der Waals surface area contributed by atoms with Gasteiger partial charge in [-0.25, -0.2) is 0 Å². The molecule has 5 heteroatoms. The van der Waals surface area contributed by atoms with Crippen LogP contribution in [-0.4, -0.2) is 58.0 Å². The van der Waals surface area contributed by atoms with Crippen LogP contribution in [0.25, 0.3) is 0 Å². The molecular weight excluding hydrogens is 256 g/mol. The van der Waals surface area contributed by atoms with Crippen molar-refractivity contribution in [3.63, 3.8) is 0 Å². The van der Waals surface area contributed by atoms with E-state index in [-0.39, 0.29) is 6.10 Å². The maximum Gasteiger partial charge on any atom is 0.142 e. The van der Waals surface area contributed by atoms with Gasteiger partial charge < -0.3 is 19.5 Å². The first-order chi connectivity index (χ1) is 9.76. The molecule has 1 N–H and O–H groups in total. The van der Waals surface area contributed by atoms with E-state index in [1.54, 1.807) is 14.2 Å². The van der Waals surface area contributed by atoms with Crippen LogP contribution in [0.3, 0.4) is 0 Å². The lowest BCUT2D eigenvalue weighted by atomic mass is 10.2. The Kier molecular flexibility index (Phi) is 5.49. The zero-order valence-corrected chi connectivity index (χ0v) is 12.5. The van der Waals surface area contributed by atoms with Gasteiger partial charge in [0, 0.05) is 25.7 Å². The van der Waals surface area contributed by atoms with Crippen molar-refractivity contribution in [2.24, 2.45) is 0 Å². The molecule has 1 aromatic carbocycles. The molecule has 0 aromatic heterocycles. The molecule has 2 rings (SSSR count). The summed E-state index contributed by atoms with van der Waals surface area (Å²) in [7, 11) is 3.33. The van der Waals surface area contributed by atoms with E-state index in [1.807, 2.05) is 18.2 Å². The molecule has 1 heterocycles. The molecule has 1 unspecified atom stereocenters. The average Bonchev–Trinajstić information content (AvgIpc) is 2.52. The number of hydrogen-bond donors (Lipinski definition) is 1. The lowest BCUT2D eigenvalue weighted by Gasteiger charge is -2.32. The molecule has 0 bridgehead atoms. The molecule has 0 saturated carbocycles. The Morgan fingerprint density at radius 3 is 2.90 bits per heavy atom. The maximum atomic E-state index is 5.79. The first kappa shape index (κ1) is 14.9. The number of nitrogens with zero attached hydrogens (tertiary/aromatic N) is 1. The number of methoxy groups -OCH3 is 2. The molecule has 1 aliphatic rings. The van der Waals surface area contributed by atoms with E-state index in [2.05, 4.69) is 17.1 Å².